The van der Waals surface area contributed by atoms with Crippen molar-refractivity contribution >= 4 is 32.5 Å². The molecule has 1 aromatic heterocycles. The number of fused-ring (bicyclic) bond motifs is 1. The molecular weight excluding hydrogens is 448 g/mol. The summed E-state index contributed by atoms with van der Waals surface area (Å²) in [6, 6.07) is 10.5. The van der Waals surface area contributed by atoms with Crippen LogP contribution in [0.4, 0.5) is 5.69 Å². The second kappa shape index (κ2) is 8.74. The highest BCUT2D eigenvalue weighted by atomic mass is 32.2. The molecule has 1 saturated heterocycles. The van der Waals surface area contributed by atoms with Crippen LogP contribution < -0.4 is 20.7 Å². The average Bonchev–Trinajstić information content (AvgIpc) is 3.35. The molecule has 11 heteroatoms. The molecule has 4 rings (SSSR count). The summed E-state index contributed by atoms with van der Waals surface area (Å²) in [4.78, 5) is 39.9. The number of amides is 1. The molecule has 2 aromatic carbocycles. The van der Waals surface area contributed by atoms with Crippen LogP contribution in [0.5, 0.6) is 5.75 Å². The molecule has 0 unspecified atom stereocenters. The second-order valence-corrected chi connectivity index (χ2v) is 9.49. The van der Waals surface area contributed by atoms with Crippen molar-refractivity contribution in [1.29, 1.82) is 0 Å². The van der Waals surface area contributed by atoms with Crippen LogP contribution in [0.1, 0.15) is 12.8 Å². The molecular formula is C22H24N4O6S. The third kappa shape index (κ3) is 4.23. The Bertz CT molecular complexity index is 1450. The molecule has 0 radical (unpaired) electrons. The molecule has 0 spiro atoms. The van der Waals surface area contributed by atoms with Crippen LogP contribution in [0, 0.1) is 0 Å². The maximum absolute atomic E-state index is 13.1. The van der Waals surface area contributed by atoms with Gasteiger partial charge in [-0.3, -0.25) is 23.4 Å². The van der Waals surface area contributed by atoms with E-state index in [-0.39, 0.29) is 27.4 Å². The number of hydrogen-bond donors (Lipinski definition) is 1. The third-order valence-electron chi connectivity index (χ3n) is 5.74. The molecule has 1 amide bonds. The van der Waals surface area contributed by atoms with Crippen molar-refractivity contribution in [2.24, 2.45) is 7.05 Å². The number of aromatic nitrogens is 2. The lowest BCUT2D eigenvalue weighted by molar-refractivity contribution is -0.130. The molecule has 174 valence electrons. The monoisotopic (exact) mass is 472 g/mol. The molecule has 0 atom stereocenters. The van der Waals surface area contributed by atoms with E-state index >= 15 is 0 Å². The normalized spacial score (nSPS) is 13.9. The highest BCUT2D eigenvalue weighted by Crippen LogP contribution is 2.26. The van der Waals surface area contributed by atoms with Crippen molar-refractivity contribution in [2.75, 3.05) is 24.9 Å². The van der Waals surface area contributed by atoms with Gasteiger partial charge in [-0.1, -0.05) is 12.1 Å². The number of sulfonamides is 1. The number of carbonyl (C=O) groups excluding carboxylic acids is 1. The molecule has 10 nitrogen and oxygen atoms in total. The summed E-state index contributed by atoms with van der Waals surface area (Å²) in [7, 11) is -1.17. The zero-order chi connectivity index (χ0) is 23.8. The van der Waals surface area contributed by atoms with Gasteiger partial charge in [0, 0.05) is 20.1 Å². The molecule has 0 saturated carbocycles. The van der Waals surface area contributed by atoms with Gasteiger partial charge >= 0.3 is 5.69 Å². The predicted molar refractivity (Wildman–Crippen MR) is 123 cm³/mol. The number of aryl methyl sites for hydroxylation is 1. The minimum Gasteiger partial charge on any atom is -0.495 e. The minimum absolute atomic E-state index is 0.0224. The van der Waals surface area contributed by atoms with Crippen LogP contribution in [0.25, 0.3) is 10.9 Å². The first-order valence-electron chi connectivity index (χ1n) is 10.4. The number of nitrogens with one attached hydrogen (secondary N) is 1. The maximum Gasteiger partial charge on any atom is 0.331 e. The summed E-state index contributed by atoms with van der Waals surface area (Å²) < 4.78 is 35.7. The van der Waals surface area contributed by atoms with Crippen LogP contribution >= 0.6 is 0 Å². The summed E-state index contributed by atoms with van der Waals surface area (Å²) in [5.41, 5.74) is -0.835. The van der Waals surface area contributed by atoms with Crippen LogP contribution in [0.2, 0.25) is 0 Å². The largest absolute Gasteiger partial charge is 0.495 e. The number of anilines is 1. The Morgan fingerprint density at radius 3 is 2.48 bits per heavy atom. The smallest absolute Gasteiger partial charge is 0.331 e. The van der Waals surface area contributed by atoms with Gasteiger partial charge in [0.1, 0.15) is 12.3 Å². The molecule has 2 heterocycles. The predicted octanol–water partition coefficient (Wildman–Crippen LogP) is 1.13. The van der Waals surface area contributed by atoms with E-state index in [4.69, 9.17) is 4.74 Å². The van der Waals surface area contributed by atoms with Crippen molar-refractivity contribution in [3.05, 3.63) is 63.3 Å². The Kier molecular flexibility index (Phi) is 5.98. The quantitative estimate of drug-likeness (QED) is 0.574. The van der Waals surface area contributed by atoms with E-state index in [2.05, 4.69) is 4.72 Å². The fourth-order valence-corrected chi connectivity index (χ4v) is 5.03. The van der Waals surface area contributed by atoms with Gasteiger partial charge in [-0.05, 0) is 43.2 Å². The highest BCUT2D eigenvalue weighted by molar-refractivity contribution is 7.92. The van der Waals surface area contributed by atoms with Crippen molar-refractivity contribution < 1.29 is 17.9 Å². The number of para-hydroxylation sites is 2. The topological polar surface area (TPSA) is 120 Å². The Labute approximate surface area is 190 Å². The van der Waals surface area contributed by atoms with Gasteiger partial charge in [0.2, 0.25) is 5.91 Å². The third-order valence-corrected chi connectivity index (χ3v) is 7.10. The standard InChI is InChI=1S/C22H24N4O6S/c1-24-18-10-9-15(33(30,31)23-17-7-3-4-8-19(17)32-2)13-16(18)21(28)26(22(24)29)14-20(27)25-11-5-6-12-25/h3-4,7-10,13,23H,5-6,11-12,14H2,1-2H3. The lowest BCUT2D eigenvalue weighted by atomic mass is 10.2. The van der Waals surface area contributed by atoms with Crippen molar-refractivity contribution in [1.82, 2.24) is 14.0 Å². The summed E-state index contributed by atoms with van der Waals surface area (Å²) in [5.74, 6) is 0.0275. The highest BCUT2D eigenvalue weighted by Gasteiger charge is 2.23. The molecule has 0 bridgehead atoms. The van der Waals surface area contributed by atoms with Crippen LogP contribution in [0.15, 0.2) is 56.9 Å². The van der Waals surface area contributed by atoms with E-state index in [0.717, 1.165) is 17.4 Å². The Morgan fingerprint density at radius 2 is 1.79 bits per heavy atom. The first-order chi connectivity index (χ1) is 15.7. The number of carbonyl (C=O) groups is 1. The first-order valence-corrected chi connectivity index (χ1v) is 11.9. The van der Waals surface area contributed by atoms with Gasteiger partial charge < -0.3 is 9.64 Å². The zero-order valence-corrected chi connectivity index (χ0v) is 19.1. The number of nitrogens with zero attached hydrogens (tertiary/aromatic N) is 3. The minimum atomic E-state index is -4.07. The lowest BCUT2D eigenvalue weighted by Gasteiger charge is -2.17. The van der Waals surface area contributed by atoms with Gasteiger partial charge in [0.05, 0.1) is 28.6 Å². The van der Waals surface area contributed by atoms with E-state index < -0.39 is 27.8 Å². The van der Waals surface area contributed by atoms with Gasteiger partial charge in [0.15, 0.2) is 0 Å². The molecule has 33 heavy (non-hydrogen) atoms. The summed E-state index contributed by atoms with van der Waals surface area (Å²) >= 11 is 0. The van der Waals surface area contributed by atoms with Gasteiger partial charge in [0.25, 0.3) is 15.6 Å². The lowest BCUT2D eigenvalue weighted by Crippen LogP contribution is -2.43. The fourth-order valence-electron chi connectivity index (χ4n) is 3.94. The number of hydrogen-bond acceptors (Lipinski definition) is 6. The maximum atomic E-state index is 13.1. The number of ether oxygens (including phenoxy) is 1. The van der Waals surface area contributed by atoms with E-state index in [1.807, 2.05) is 0 Å². The van der Waals surface area contributed by atoms with Crippen LogP contribution in [-0.2, 0) is 28.4 Å². The number of likely N-dealkylation sites (tertiary alicyclic amines) is 1. The molecule has 1 aliphatic heterocycles. The molecule has 0 aliphatic carbocycles. The SMILES string of the molecule is COc1ccccc1NS(=O)(=O)c1ccc2c(c1)c(=O)n(CC(=O)N1CCCC1)c(=O)n2C. The molecule has 1 fully saturated rings. The van der Waals surface area contributed by atoms with E-state index in [1.165, 1.54) is 36.9 Å². The average molecular weight is 473 g/mol. The van der Waals surface area contributed by atoms with Gasteiger partial charge in [-0.25, -0.2) is 13.2 Å². The number of methoxy groups -OCH3 is 1. The van der Waals surface area contributed by atoms with Crippen LogP contribution in [0.3, 0.4) is 0 Å². The summed E-state index contributed by atoms with van der Waals surface area (Å²) in [5, 5.41) is 0.0224. The van der Waals surface area contributed by atoms with Crippen molar-refractivity contribution in [3.63, 3.8) is 0 Å². The fraction of sp³-hybridized carbons (Fsp3) is 0.318. The van der Waals surface area contributed by atoms with Gasteiger partial charge in [-0.15, -0.1) is 0 Å². The zero-order valence-electron chi connectivity index (χ0n) is 18.3. The first kappa shape index (κ1) is 22.6. The Hall–Kier alpha value is -3.60. The second-order valence-electron chi connectivity index (χ2n) is 7.81. The van der Waals surface area contributed by atoms with Crippen molar-refractivity contribution in [2.45, 2.75) is 24.3 Å². The molecule has 1 aliphatic rings. The van der Waals surface area contributed by atoms with Crippen molar-refractivity contribution in [3.8, 4) is 5.75 Å². The van der Waals surface area contributed by atoms with Crippen LogP contribution in [-0.4, -0.2) is 48.6 Å². The Morgan fingerprint density at radius 1 is 1.09 bits per heavy atom. The van der Waals surface area contributed by atoms with E-state index in [9.17, 15) is 22.8 Å². The number of benzene rings is 2. The van der Waals surface area contributed by atoms with E-state index in [1.54, 1.807) is 29.2 Å². The summed E-state index contributed by atoms with van der Waals surface area (Å²) in [6.07, 6.45) is 1.77. The van der Waals surface area contributed by atoms with Gasteiger partial charge in [-0.2, -0.15) is 0 Å². The number of rotatable bonds is 6. The molecule has 3 aromatic rings. The van der Waals surface area contributed by atoms with E-state index in [0.29, 0.717) is 18.8 Å². The Balaban J connectivity index is 1.77. The summed E-state index contributed by atoms with van der Waals surface area (Å²) in [6.45, 7) is 0.800. The molecule has 1 N–H and O–H groups in total.